The molecule has 1 atom stereocenters. The summed E-state index contributed by atoms with van der Waals surface area (Å²) in [4.78, 5) is 0. The number of nitrogens with two attached hydrogens (primary N) is 1. The van der Waals surface area contributed by atoms with Gasteiger partial charge in [-0.3, -0.25) is 0 Å². The molecule has 0 saturated heterocycles. The third-order valence-corrected chi connectivity index (χ3v) is 3.29. The number of rotatable bonds is 6. The van der Waals surface area contributed by atoms with Crippen LogP contribution in [0.25, 0.3) is 0 Å². The molecule has 2 aromatic carbocycles. The van der Waals surface area contributed by atoms with Gasteiger partial charge in [0.15, 0.2) is 11.6 Å². The van der Waals surface area contributed by atoms with Crippen LogP contribution in [0.3, 0.4) is 0 Å². The van der Waals surface area contributed by atoms with Crippen LogP contribution in [-0.2, 0) is 0 Å². The van der Waals surface area contributed by atoms with Gasteiger partial charge in [0.25, 0.3) is 0 Å². The number of ether oxygens (including phenoxy) is 2. The first-order chi connectivity index (χ1) is 10.1. The van der Waals surface area contributed by atoms with E-state index in [0.29, 0.717) is 13.0 Å². The average molecular weight is 289 g/mol. The summed E-state index contributed by atoms with van der Waals surface area (Å²) in [6, 6.07) is 12.4. The molecular formula is C17H20FNO2. The zero-order valence-corrected chi connectivity index (χ0v) is 12.3. The van der Waals surface area contributed by atoms with Crippen LogP contribution in [-0.4, -0.2) is 13.7 Å². The summed E-state index contributed by atoms with van der Waals surface area (Å²) < 4.78 is 24.2. The van der Waals surface area contributed by atoms with Crippen molar-refractivity contribution in [2.24, 2.45) is 5.73 Å². The monoisotopic (exact) mass is 289 g/mol. The molecule has 3 nitrogen and oxygen atoms in total. The molecular weight excluding hydrogens is 269 g/mol. The number of halogens is 1. The van der Waals surface area contributed by atoms with Gasteiger partial charge in [0, 0.05) is 12.5 Å². The minimum atomic E-state index is -0.398. The summed E-state index contributed by atoms with van der Waals surface area (Å²) in [7, 11) is 1.44. The molecule has 0 aliphatic carbocycles. The Hall–Kier alpha value is -2.07. The van der Waals surface area contributed by atoms with Gasteiger partial charge < -0.3 is 15.2 Å². The van der Waals surface area contributed by atoms with E-state index in [1.165, 1.54) is 13.2 Å². The lowest BCUT2D eigenvalue weighted by Gasteiger charge is -2.14. The number of benzene rings is 2. The highest BCUT2D eigenvalue weighted by molar-refractivity contribution is 5.31. The molecule has 1 unspecified atom stereocenters. The lowest BCUT2D eigenvalue weighted by molar-refractivity contribution is 0.298. The highest BCUT2D eigenvalue weighted by Crippen LogP contribution is 2.22. The fourth-order valence-electron chi connectivity index (χ4n) is 2.09. The van der Waals surface area contributed by atoms with Crippen LogP contribution in [0.15, 0.2) is 42.5 Å². The average Bonchev–Trinajstić information content (AvgIpc) is 2.47. The standard InChI is InChI=1S/C17H20FNO2/c1-12-4-3-5-14(10-12)21-9-8-16(19)13-6-7-17(20-2)15(18)11-13/h3-7,10-11,16H,8-9,19H2,1-2H3. The van der Waals surface area contributed by atoms with Gasteiger partial charge in [-0.1, -0.05) is 18.2 Å². The van der Waals surface area contributed by atoms with E-state index in [9.17, 15) is 4.39 Å². The van der Waals surface area contributed by atoms with Crippen LogP contribution in [0.2, 0.25) is 0 Å². The molecule has 0 aliphatic heterocycles. The summed E-state index contributed by atoms with van der Waals surface area (Å²) in [5.74, 6) is 0.648. The maximum absolute atomic E-state index is 13.6. The van der Waals surface area contributed by atoms with Gasteiger partial charge in [0.2, 0.25) is 0 Å². The van der Waals surface area contributed by atoms with Gasteiger partial charge in [0.1, 0.15) is 5.75 Å². The minimum absolute atomic E-state index is 0.224. The number of methoxy groups -OCH3 is 1. The van der Waals surface area contributed by atoms with Crippen molar-refractivity contribution in [3.05, 3.63) is 59.4 Å². The Bertz CT molecular complexity index is 601. The van der Waals surface area contributed by atoms with Crippen molar-refractivity contribution in [1.29, 1.82) is 0 Å². The molecule has 21 heavy (non-hydrogen) atoms. The molecule has 0 fully saturated rings. The largest absolute Gasteiger partial charge is 0.494 e. The normalized spacial score (nSPS) is 12.0. The number of hydrogen-bond donors (Lipinski definition) is 1. The van der Waals surface area contributed by atoms with Crippen LogP contribution in [0.5, 0.6) is 11.5 Å². The first-order valence-electron chi connectivity index (χ1n) is 6.88. The fraction of sp³-hybridized carbons (Fsp3) is 0.294. The molecule has 0 saturated carbocycles. The summed E-state index contributed by atoms with van der Waals surface area (Å²) in [6.07, 6.45) is 0.611. The van der Waals surface area contributed by atoms with Gasteiger partial charge in [-0.25, -0.2) is 4.39 Å². The summed E-state index contributed by atoms with van der Waals surface area (Å²) in [5.41, 5.74) is 7.95. The molecule has 112 valence electrons. The second-order valence-corrected chi connectivity index (χ2v) is 4.95. The quantitative estimate of drug-likeness (QED) is 0.883. The predicted molar refractivity (Wildman–Crippen MR) is 81.2 cm³/mol. The van der Waals surface area contributed by atoms with Crippen LogP contribution < -0.4 is 15.2 Å². The maximum Gasteiger partial charge on any atom is 0.165 e. The van der Waals surface area contributed by atoms with Gasteiger partial charge in [-0.05, 0) is 42.3 Å². The Morgan fingerprint density at radius 2 is 2.00 bits per heavy atom. The van der Waals surface area contributed by atoms with Crippen LogP contribution in [0.4, 0.5) is 4.39 Å². The maximum atomic E-state index is 13.6. The second kappa shape index (κ2) is 7.09. The van der Waals surface area contributed by atoms with Crippen molar-refractivity contribution >= 4 is 0 Å². The van der Waals surface area contributed by atoms with Crippen LogP contribution >= 0.6 is 0 Å². The lowest BCUT2D eigenvalue weighted by Crippen LogP contribution is -2.14. The zero-order valence-electron chi connectivity index (χ0n) is 12.3. The molecule has 0 radical (unpaired) electrons. The number of hydrogen-bond acceptors (Lipinski definition) is 3. The van der Waals surface area contributed by atoms with Crippen molar-refractivity contribution in [3.63, 3.8) is 0 Å². The Balaban J connectivity index is 1.89. The predicted octanol–water partition coefficient (Wildman–Crippen LogP) is 3.61. The summed E-state index contributed by atoms with van der Waals surface area (Å²) >= 11 is 0. The van der Waals surface area contributed by atoms with Crippen LogP contribution in [0.1, 0.15) is 23.6 Å². The molecule has 0 spiro atoms. The van der Waals surface area contributed by atoms with Gasteiger partial charge in [0.05, 0.1) is 13.7 Å². The Morgan fingerprint density at radius 1 is 1.19 bits per heavy atom. The minimum Gasteiger partial charge on any atom is -0.494 e. The van der Waals surface area contributed by atoms with Crippen molar-refractivity contribution < 1.29 is 13.9 Å². The van der Waals surface area contributed by atoms with Gasteiger partial charge in [-0.15, -0.1) is 0 Å². The van der Waals surface area contributed by atoms with Gasteiger partial charge in [-0.2, -0.15) is 0 Å². The molecule has 0 aliphatic rings. The lowest BCUT2D eigenvalue weighted by atomic mass is 10.0. The van der Waals surface area contributed by atoms with E-state index in [-0.39, 0.29) is 11.8 Å². The van der Waals surface area contributed by atoms with E-state index in [4.69, 9.17) is 15.2 Å². The van der Waals surface area contributed by atoms with Crippen molar-refractivity contribution in [1.82, 2.24) is 0 Å². The van der Waals surface area contributed by atoms with Crippen molar-refractivity contribution in [3.8, 4) is 11.5 Å². The second-order valence-electron chi connectivity index (χ2n) is 4.95. The molecule has 0 amide bonds. The third-order valence-electron chi connectivity index (χ3n) is 3.29. The Kier molecular flexibility index (Phi) is 5.17. The van der Waals surface area contributed by atoms with Crippen molar-refractivity contribution in [2.75, 3.05) is 13.7 Å². The first kappa shape index (κ1) is 15.3. The highest BCUT2D eigenvalue weighted by atomic mass is 19.1. The molecule has 2 N–H and O–H groups in total. The fourth-order valence-corrected chi connectivity index (χ4v) is 2.09. The van der Waals surface area contributed by atoms with Gasteiger partial charge >= 0.3 is 0 Å². The van der Waals surface area contributed by atoms with Crippen LogP contribution in [0, 0.1) is 12.7 Å². The zero-order chi connectivity index (χ0) is 15.2. The third kappa shape index (κ3) is 4.20. The molecule has 0 bridgehead atoms. The molecule has 2 rings (SSSR count). The van der Waals surface area contributed by atoms with E-state index >= 15 is 0 Å². The van der Waals surface area contributed by atoms with E-state index in [1.54, 1.807) is 12.1 Å². The summed E-state index contributed by atoms with van der Waals surface area (Å²) in [5, 5.41) is 0. The van der Waals surface area contributed by atoms with Crippen molar-refractivity contribution in [2.45, 2.75) is 19.4 Å². The van der Waals surface area contributed by atoms with E-state index in [0.717, 1.165) is 16.9 Å². The van der Waals surface area contributed by atoms with E-state index < -0.39 is 5.82 Å². The Morgan fingerprint density at radius 3 is 2.67 bits per heavy atom. The topological polar surface area (TPSA) is 44.5 Å². The SMILES string of the molecule is COc1ccc(C(N)CCOc2cccc(C)c2)cc1F. The Labute approximate surface area is 124 Å². The first-order valence-corrected chi connectivity index (χ1v) is 6.88. The smallest absolute Gasteiger partial charge is 0.165 e. The molecule has 2 aromatic rings. The van der Waals surface area contributed by atoms with E-state index in [1.807, 2.05) is 31.2 Å². The molecule has 4 heteroatoms. The molecule has 0 heterocycles. The van der Waals surface area contributed by atoms with E-state index in [2.05, 4.69) is 0 Å². The highest BCUT2D eigenvalue weighted by Gasteiger charge is 2.10. The number of aryl methyl sites for hydroxylation is 1. The molecule has 0 aromatic heterocycles. The summed E-state index contributed by atoms with van der Waals surface area (Å²) in [6.45, 7) is 2.50.